The smallest absolute Gasteiger partial charge is 0.323 e. The first-order chi connectivity index (χ1) is 14.1. The van der Waals surface area contributed by atoms with E-state index < -0.39 is 0 Å². The van der Waals surface area contributed by atoms with Crippen LogP contribution in [0, 0.1) is 4.77 Å². The summed E-state index contributed by atoms with van der Waals surface area (Å²) in [6, 6.07) is 15.5. The standard InChI is InChI=1S/C20H22N6O2S/c1-2-26-17(24-25-20(26)29)12-13-21-18(27)14-8-10-16(11-9-14)23-19(28)22-15-6-4-3-5-7-15/h3-11H,2,12-13H2,1H3,(H,21,27)(H,25,29)(H2,22,23,28). The number of nitrogens with one attached hydrogen (secondary N) is 4. The van der Waals surface area contributed by atoms with E-state index in [0.717, 1.165) is 12.4 Å². The van der Waals surface area contributed by atoms with Crippen molar-refractivity contribution >= 4 is 35.5 Å². The van der Waals surface area contributed by atoms with Crippen LogP contribution < -0.4 is 16.0 Å². The molecule has 3 aromatic rings. The molecule has 0 saturated carbocycles. The number of urea groups is 1. The Morgan fingerprint density at radius 3 is 2.34 bits per heavy atom. The number of para-hydroxylation sites is 1. The predicted molar refractivity (Wildman–Crippen MR) is 115 cm³/mol. The Kier molecular flexibility index (Phi) is 6.75. The van der Waals surface area contributed by atoms with Crippen LogP contribution in [-0.4, -0.2) is 33.2 Å². The minimum absolute atomic E-state index is 0.192. The second kappa shape index (κ2) is 9.65. The summed E-state index contributed by atoms with van der Waals surface area (Å²) >= 11 is 5.15. The lowest BCUT2D eigenvalue weighted by atomic mass is 10.2. The molecule has 3 rings (SSSR count). The molecule has 0 bridgehead atoms. The summed E-state index contributed by atoms with van der Waals surface area (Å²) in [5.41, 5.74) is 1.80. The van der Waals surface area contributed by atoms with Gasteiger partial charge in [-0.1, -0.05) is 18.2 Å². The fraction of sp³-hybridized carbons (Fsp3) is 0.200. The Balaban J connectivity index is 1.49. The summed E-state index contributed by atoms with van der Waals surface area (Å²) in [6.07, 6.45) is 0.575. The Labute approximate surface area is 173 Å². The number of nitrogens with zero attached hydrogens (tertiary/aromatic N) is 2. The van der Waals surface area contributed by atoms with Crippen LogP contribution in [0.4, 0.5) is 16.2 Å². The van der Waals surface area contributed by atoms with E-state index in [1.54, 1.807) is 36.4 Å². The summed E-state index contributed by atoms with van der Waals surface area (Å²) in [7, 11) is 0. The lowest BCUT2D eigenvalue weighted by Gasteiger charge is -2.09. The van der Waals surface area contributed by atoms with Crippen molar-refractivity contribution in [2.75, 3.05) is 17.2 Å². The van der Waals surface area contributed by atoms with E-state index in [0.29, 0.717) is 34.7 Å². The van der Waals surface area contributed by atoms with Gasteiger partial charge in [-0.3, -0.25) is 9.89 Å². The van der Waals surface area contributed by atoms with E-state index in [4.69, 9.17) is 12.2 Å². The minimum atomic E-state index is -0.349. The highest BCUT2D eigenvalue weighted by Gasteiger charge is 2.09. The Morgan fingerprint density at radius 2 is 1.69 bits per heavy atom. The van der Waals surface area contributed by atoms with Gasteiger partial charge in [0, 0.05) is 36.4 Å². The zero-order chi connectivity index (χ0) is 20.6. The molecule has 150 valence electrons. The Morgan fingerprint density at radius 1 is 1.03 bits per heavy atom. The van der Waals surface area contributed by atoms with E-state index in [2.05, 4.69) is 26.1 Å². The van der Waals surface area contributed by atoms with Gasteiger partial charge in [0.05, 0.1) is 0 Å². The van der Waals surface area contributed by atoms with Crippen LogP contribution in [0.5, 0.6) is 0 Å². The summed E-state index contributed by atoms with van der Waals surface area (Å²) in [4.78, 5) is 24.3. The molecule has 0 atom stereocenters. The van der Waals surface area contributed by atoms with Crippen LogP contribution in [0.3, 0.4) is 0 Å². The molecule has 4 N–H and O–H groups in total. The Hall–Kier alpha value is -3.46. The monoisotopic (exact) mass is 410 g/mol. The molecule has 0 aliphatic heterocycles. The van der Waals surface area contributed by atoms with Gasteiger partial charge >= 0.3 is 6.03 Å². The van der Waals surface area contributed by atoms with E-state index in [1.165, 1.54) is 0 Å². The summed E-state index contributed by atoms with van der Waals surface area (Å²) in [5, 5.41) is 15.3. The molecule has 1 heterocycles. The summed E-state index contributed by atoms with van der Waals surface area (Å²) in [6.45, 7) is 3.16. The third-order valence-corrected chi connectivity index (χ3v) is 4.54. The van der Waals surface area contributed by atoms with Gasteiger partial charge in [-0.15, -0.1) is 0 Å². The van der Waals surface area contributed by atoms with Crippen molar-refractivity contribution in [2.45, 2.75) is 19.9 Å². The van der Waals surface area contributed by atoms with Gasteiger partial charge in [0.15, 0.2) is 4.77 Å². The van der Waals surface area contributed by atoms with Crippen molar-refractivity contribution in [3.8, 4) is 0 Å². The molecular formula is C20H22N6O2S. The minimum Gasteiger partial charge on any atom is -0.352 e. The average Bonchev–Trinajstić information content (AvgIpc) is 3.08. The zero-order valence-electron chi connectivity index (χ0n) is 15.9. The average molecular weight is 411 g/mol. The lowest BCUT2D eigenvalue weighted by molar-refractivity contribution is 0.0954. The number of hydrogen-bond donors (Lipinski definition) is 4. The number of amides is 3. The van der Waals surface area contributed by atoms with Crippen LogP contribution in [0.25, 0.3) is 0 Å². The molecule has 0 saturated heterocycles. The van der Waals surface area contributed by atoms with E-state index >= 15 is 0 Å². The Bertz CT molecular complexity index is 1030. The van der Waals surface area contributed by atoms with Crippen LogP contribution >= 0.6 is 12.2 Å². The van der Waals surface area contributed by atoms with Crippen LogP contribution in [0.15, 0.2) is 54.6 Å². The fourth-order valence-electron chi connectivity index (χ4n) is 2.78. The van der Waals surface area contributed by atoms with Gasteiger partial charge in [-0.2, -0.15) is 5.10 Å². The van der Waals surface area contributed by atoms with Crippen molar-refractivity contribution in [3.63, 3.8) is 0 Å². The number of carbonyl (C=O) groups is 2. The van der Waals surface area contributed by atoms with Crippen LogP contribution in [-0.2, 0) is 13.0 Å². The van der Waals surface area contributed by atoms with Crippen molar-refractivity contribution in [1.82, 2.24) is 20.1 Å². The second-order valence-corrected chi connectivity index (χ2v) is 6.60. The molecule has 0 unspecified atom stereocenters. The van der Waals surface area contributed by atoms with E-state index in [9.17, 15) is 9.59 Å². The first kappa shape index (κ1) is 20.3. The highest BCUT2D eigenvalue weighted by atomic mass is 32.1. The van der Waals surface area contributed by atoms with Crippen LogP contribution in [0.2, 0.25) is 0 Å². The van der Waals surface area contributed by atoms with Gasteiger partial charge in [0.2, 0.25) is 0 Å². The van der Waals surface area contributed by atoms with Crippen molar-refractivity contribution in [2.24, 2.45) is 0 Å². The summed E-state index contributed by atoms with van der Waals surface area (Å²) in [5.74, 6) is 0.615. The van der Waals surface area contributed by atoms with Crippen molar-refractivity contribution in [3.05, 3.63) is 70.8 Å². The second-order valence-electron chi connectivity index (χ2n) is 6.22. The first-order valence-electron chi connectivity index (χ1n) is 9.22. The van der Waals surface area contributed by atoms with Crippen LogP contribution in [0.1, 0.15) is 23.1 Å². The number of anilines is 2. The maximum absolute atomic E-state index is 12.3. The molecule has 9 heteroatoms. The molecule has 0 aliphatic rings. The maximum atomic E-state index is 12.3. The summed E-state index contributed by atoms with van der Waals surface area (Å²) < 4.78 is 2.47. The molecule has 0 radical (unpaired) electrons. The normalized spacial score (nSPS) is 10.4. The zero-order valence-corrected chi connectivity index (χ0v) is 16.8. The topological polar surface area (TPSA) is 104 Å². The van der Waals surface area contributed by atoms with Gasteiger partial charge in [0.25, 0.3) is 5.91 Å². The third-order valence-electron chi connectivity index (χ3n) is 4.22. The number of rotatable bonds is 7. The molecule has 1 aromatic heterocycles. The predicted octanol–water partition coefficient (Wildman–Crippen LogP) is 3.58. The van der Waals surface area contributed by atoms with Gasteiger partial charge in [-0.05, 0) is 55.5 Å². The first-order valence-corrected chi connectivity index (χ1v) is 9.63. The molecule has 2 aromatic carbocycles. The van der Waals surface area contributed by atoms with Gasteiger partial charge in [0.1, 0.15) is 5.82 Å². The highest BCUT2D eigenvalue weighted by molar-refractivity contribution is 7.71. The number of carbonyl (C=O) groups excluding carboxylic acids is 2. The fourth-order valence-corrected chi connectivity index (χ4v) is 3.06. The molecule has 3 amide bonds. The molecule has 8 nitrogen and oxygen atoms in total. The van der Waals surface area contributed by atoms with E-state index in [1.807, 2.05) is 29.7 Å². The number of aromatic nitrogens is 3. The van der Waals surface area contributed by atoms with Crippen molar-refractivity contribution < 1.29 is 9.59 Å². The maximum Gasteiger partial charge on any atom is 0.323 e. The number of H-pyrrole nitrogens is 1. The van der Waals surface area contributed by atoms with Crippen molar-refractivity contribution in [1.29, 1.82) is 0 Å². The number of hydrogen-bond acceptors (Lipinski definition) is 4. The number of aromatic amines is 1. The molecule has 0 aliphatic carbocycles. The number of benzene rings is 2. The third kappa shape index (κ3) is 5.52. The quantitative estimate of drug-likeness (QED) is 0.447. The highest BCUT2D eigenvalue weighted by Crippen LogP contribution is 2.11. The molecule has 0 spiro atoms. The van der Waals surface area contributed by atoms with Gasteiger partial charge < -0.3 is 20.5 Å². The van der Waals surface area contributed by atoms with E-state index in [-0.39, 0.29) is 11.9 Å². The SMILES string of the molecule is CCn1c(CCNC(=O)c2ccc(NC(=O)Nc3ccccc3)cc2)n[nH]c1=S. The molecule has 0 fully saturated rings. The largest absolute Gasteiger partial charge is 0.352 e. The lowest BCUT2D eigenvalue weighted by Crippen LogP contribution is -2.26. The van der Waals surface area contributed by atoms with Gasteiger partial charge in [-0.25, -0.2) is 4.79 Å². The molecule has 29 heavy (non-hydrogen) atoms. The molecular weight excluding hydrogens is 388 g/mol.